The van der Waals surface area contributed by atoms with Gasteiger partial charge in [0.1, 0.15) is 5.60 Å². The van der Waals surface area contributed by atoms with Crippen molar-refractivity contribution in [2.75, 3.05) is 0 Å². The molecule has 4 heteroatoms. The normalized spacial score (nSPS) is 34.6. The monoisotopic (exact) mass is 263 g/mol. The Kier molecular flexibility index (Phi) is 2.91. The molecular formula is C15H21NO3. The second-order valence-electron chi connectivity index (χ2n) is 6.31. The Hall–Kier alpha value is -1.32. The minimum absolute atomic E-state index is 0.0830. The molecule has 19 heavy (non-hydrogen) atoms. The number of rotatable bonds is 2. The number of carbonyl (C=O) groups excluding carboxylic acids is 2. The van der Waals surface area contributed by atoms with E-state index in [9.17, 15) is 9.59 Å². The van der Waals surface area contributed by atoms with Gasteiger partial charge in [0.25, 0.3) is 5.91 Å². The number of ether oxygens (including phenoxy) is 1. The van der Waals surface area contributed by atoms with Crippen molar-refractivity contribution in [3.05, 3.63) is 11.1 Å². The Labute approximate surface area is 113 Å². The van der Waals surface area contributed by atoms with Crippen LogP contribution < -0.4 is 5.32 Å². The molecule has 3 aliphatic rings. The molecule has 0 unspecified atom stereocenters. The van der Waals surface area contributed by atoms with Crippen molar-refractivity contribution in [2.45, 2.75) is 64.0 Å². The summed E-state index contributed by atoms with van der Waals surface area (Å²) in [6.45, 7) is 3.93. The summed E-state index contributed by atoms with van der Waals surface area (Å²) in [4.78, 5) is 24.3. The van der Waals surface area contributed by atoms with Gasteiger partial charge in [-0.15, -0.1) is 0 Å². The number of esters is 1. The molecule has 104 valence electrons. The molecule has 1 heterocycles. The van der Waals surface area contributed by atoms with Gasteiger partial charge in [-0.05, 0) is 51.4 Å². The van der Waals surface area contributed by atoms with Crippen molar-refractivity contribution in [3.8, 4) is 0 Å². The summed E-state index contributed by atoms with van der Waals surface area (Å²) < 4.78 is 5.61. The Morgan fingerprint density at radius 2 is 1.89 bits per heavy atom. The summed E-state index contributed by atoms with van der Waals surface area (Å²) in [5.41, 5.74) is 0.483. The number of amides is 1. The third kappa shape index (κ3) is 2.17. The van der Waals surface area contributed by atoms with Crippen LogP contribution in [0.2, 0.25) is 0 Å². The van der Waals surface area contributed by atoms with Crippen LogP contribution in [0.4, 0.5) is 0 Å². The smallest absolute Gasteiger partial charge is 0.335 e. The molecule has 4 nitrogen and oxygen atoms in total. The lowest BCUT2D eigenvalue weighted by Gasteiger charge is -2.36. The van der Waals surface area contributed by atoms with Crippen LogP contribution >= 0.6 is 0 Å². The molecule has 1 spiro atoms. The molecule has 2 saturated carbocycles. The van der Waals surface area contributed by atoms with Crippen molar-refractivity contribution in [3.63, 3.8) is 0 Å². The van der Waals surface area contributed by atoms with Crippen LogP contribution in [0.3, 0.4) is 0 Å². The molecular weight excluding hydrogens is 242 g/mol. The summed E-state index contributed by atoms with van der Waals surface area (Å²) in [6.07, 6.45) is 5.70. The van der Waals surface area contributed by atoms with E-state index in [4.69, 9.17) is 4.74 Å². The number of hydrogen-bond donors (Lipinski definition) is 1. The molecule has 1 N–H and O–H groups in total. The maximum Gasteiger partial charge on any atom is 0.335 e. The Balaban J connectivity index is 1.87. The van der Waals surface area contributed by atoms with Crippen LogP contribution in [0.5, 0.6) is 0 Å². The van der Waals surface area contributed by atoms with Gasteiger partial charge in [0.05, 0.1) is 5.57 Å². The molecule has 1 aliphatic heterocycles. The van der Waals surface area contributed by atoms with Gasteiger partial charge >= 0.3 is 5.97 Å². The van der Waals surface area contributed by atoms with Crippen molar-refractivity contribution < 1.29 is 14.3 Å². The highest BCUT2D eigenvalue weighted by atomic mass is 16.6. The van der Waals surface area contributed by atoms with Gasteiger partial charge in [0.15, 0.2) is 0 Å². The van der Waals surface area contributed by atoms with E-state index in [0.717, 1.165) is 38.5 Å². The fourth-order valence-corrected chi connectivity index (χ4v) is 3.19. The third-order valence-corrected chi connectivity index (χ3v) is 4.65. The zero-order valence-corrected chi connectivity index (χ0v) is 11.6. The molecule has 1 amide bonds. The van der Waals surface area contributed by atoms with Crippen LogP contribution in [-0.4, -0.2) is 23.5 Å². The molecule has 0 atom stereocenters. The zero-order valence-electron chi connectivity index (χ0n) is 11.6. The van der Waals surface area contributed by atoms with Gasteiger partial charge in [-0.2, -0.15) is 0 Å². The average Bonchev–Trinajstić information content (AvgIpc) is 3.12. The lowest BCUT2D eigenvalue weighted by Crippen LogP contribution is -2.42. The largest absolute Gasteiger partial charge is 0.451 e. The van der Waals surface area contributed by atoms with Gasteiger partial charge in [-0.25, -0.2) is 4.79 Å². The Bertz CT molecular complexity index is 454. The van der Waals surface area contributed by atoms with Crippen LogP contribution in [0, 0.1) is 5.92 Å². The van der Waals surface area contributed by atoms with E-state index in [1.807, 2.05) is 0 Å². The second kappa shape index (κ2) is 4.36. The van der Waals surface area contributed by atoms with E-state index < -0.39 is 5.60 Å². The standard InChI is InChI=1S/C15H21NO3/c1-9-5-7-15(8-6-9)12(10(2)14(18)19-15)13(17)16-11-3-4-11/h9,11H,3-8H2,1-2H3,(H,16,17). The van der Waals surface area contributed by atoms with Crippen LogP contribution in [0.15, 0.2) is 11.1 Å². The first kappa shape index (κ1) is 12.7. The molecule has 3 rings (SSSR count). The molecule has 0 aromatic carbocycles. The summed E-state index contributed by atoms with van der Waals surface area (Å²) >= 11 is 0. The van der Waals surface area contributed by atoms with Gasteiger partial charge in [0, 0.05) is 11.6 Å². The predicted molar refractivity (Wildman–Crippen MR) is 70.3 cm³/mol. The molecule has 0 aromatic rings. The van der Waals surface area contributed by atoms with Crippen LogP contribution in [-0.2, 0) is 14.3 Å². The third-order valence-electron chi connectivity index (χ3n) is 4.65. The van der Waals surface area contributed by atoms with Gasteiger partial charge in [-0.1, -0.05) is 6.92 Å². The molecule has 0 aromatic heterocycles. The Morgan fingerprint density at radius 3 is 2.47 bits per heavy atom. The topological polar surface area (TPSA) is 55.4 Å². The fourth-order valence-electron chi connectivity index (χ4n) is 3.19. The zero-order chi connectivity index (χ0) is 13.6. The van der Waals surface area contributed by atoms with Gasteiger partial charge < -0.3 is 10.1 Å². The number of nitrogens with one attached hydrogen (secondary N) is 1. The first-order valence-corrected chi connectivity index (χ1v) is 7.27. The molecule has 0 radical (unpaired) electrons. The summed E-state index contributed by atoms with van der Waals surface area (Å²) in [6, 6.07) is 0.308. The molecule has 0 saturated heterocycles. The molecule has 0 bridgehead atoms. The average molecular weight is 263 g/mol. The van der Waals surface area contributed by atoms with Gasteiger partial charge in [0.2, 0.25) is 0 Å². The quantitative estimate of drug-likeness (QED) is 0.776. The van der Waals surface area contributed by atoms with E-state index in [0.29, 0.717) is 23.1 Å². The van der Waals surface area contributed by atoms with Crippen molar-refractivity contribution >= 4 is 11.9 Å². The highest BCUT2D eigenvalue weighted by Crippen LogP contribution is 2.45. The Morgan fingerprint density at radius 1 is 1.26 bits per heavy atom. The van der Waals surface area contributed by atoms with E-state index in [2.05, 4.69) is 12.2 Å². The van der Waals surface area contributed by atoms with Gasteiger partial charge in [-0.3, -0.25) is 4.79 Å². The molecule has 2 aliphatic carbocycles. The second-order valence-corrected chi connectivity index (χ2v) is 6.31. The van der Waals surface area contributed by atoms with E-state index in [-0.39, 0.29) is 11.9 Å². The van der Waals surface area contributed by atoms with Crippen molar-refractivity contribution in [1.29, 1.82) is 0 Å². The highest BCUT2D eigenvalue weighted by Gasteiger charge is 2.50. The number of carbonyl (C=O) groups is 2. The highest BCUT2D eigenvalue weighted by molar-refractivity contribution is 6.07. The number of hydrogen-bond acceptors (Lipinski definition) is 3. The maximum absolute atomic E-state index is 12.4. The SMILES string of the molecule is CC1=C(C(=O)NC2CC2)C2(CCC(C)CC2)OC1=O. The maximum atomic E-state index is 12.4. The predicted octanol–water partition coefficient (Wildman–Crippen LogP) is 2.09. The lowest BCUT2D eigenvalue weighted by atomic mass is 9.75. The van der Waals surface area contributed by atoms with Crippen LogP contribution in [0.25, 0.3) is 0 Å². The van der Waals surface area contributed by atoms with E-state index in [1.54, 1.807) is 6.92 Å². The summed E-state index contributed by atoms with van der Waals surface area (Å²) in [5.74, 6) is 0.258. The minimum Gasteiger partial charge on any atom is -0.451 e. The molecule has 2 fully saturated rings. The first-order chi connectivity index (χ1) is 9.02. The first-order valence-electron chi connectivity index (χ1n) is 7.27. The van der Waals surface area contributed by atoms with Crippen LogP contribution in [0.1, 0.15) is 52.4 Å². The summed E-state index contributed by atoms with van der Waals surface area (Å²) in [7, 11) is 0. The lowest BCUT2D eigenvalue weighted by molar-refractivity contribution is -0.150. The summed E-state index contributed by atoms with van der Waals surface area (Å²) in [5, 5.41) is 3.00. The fraction of sp³-hybridized carbons (Fsp3) is 0.733. The van der Waals surface area contributed by atoms with Crippen molar-refractivity contribution in [1.82, 2.24) is 5.32 Å². The van der Waals surface area contributed by atoms with E-state index >= 15 is 0 Å². The minimum atomic E-state index is -0.632. The van der Waals surface area contributed by atoms with Crippen molar-refractivity contribution in [2.24, 2.45) is 5.92 Å². The van der Waals surface area contributed by atoms with E-state index in [1.165, 1.54) is 0 Å².